The van der Waals surface area contributed by atoms with Crippen molar-refractivity contribution in [2.75, 3.05) is 7.11 Å². The number of phenolic OH excluding ortho intramolecular Hbond substituents is 1. The summed E-state index contributed by atoms with van der Waals surface area (Å²) in [5, 5.41) is 18.8. The molecule has 0 atom stereocenters. The largest absolute Gasteiger partial charge is 0.508 e. The molecule has 0 radical (unpaired) electrons. The van der Waals surface area contributed by atoms with Crippen LogP contribution in [0.2, 0.25) is 0 Å². The number of ether oxygens (including phenoxy) is 1. The highest BCUT2D eigenvalue weighted by Crippen LogP contribution is 2.36. The van der Waals surface area contributed by atoms with E-state index in [-0.39, 0.29) is 12.2 Å². The SMILES string of the molecule is COc1c(Br)ccc(O)c1Cc1cccc(CCC(=O)O)c1. The van der Waals surface area contributed by atoms with Gasteiger partial charge in [0.2, 0.25) is 0 Å². The zero-order valence-electron chi connectivity index (χ0n) is 12.2. The van der Waals surface area contributed by atoms with E-state index in [1.807, 2.05) is 24.3 Å². The lowest BCUT2D eigenvalue weighted by Crippen LogP contribution is -1.99. The Morgan fingerprint density at radius 3 is 2.64 bits per heavy atom. The van der Waals surface area contributed by atoms with Gasteiger partial charge in [0.1, 0.15) is 11.5 Å². The maximum absolute atomic E-state index is 10.7. The zero-order valence-corrected chi connectivity index (χ0v) is 13.8. The number of phenols is 1. The van der Waals surface area contributed by atoms with Crippen LogP contribution in [0.5, 0.6) is 11.5 Å². The third-order valence-corrected chi connectivity index (χ3v) is 4.02. The molecule has 0 amide bonds. The molecule has 0 heterocycles. The molecule has 0 aromatic heterocycles. The van der Waals surface area contributed by atoms with Crippen LogP contribution in [0.4, 0.5) is 0 Å². The normalized spacial score (nSPS) is 10.5. The number of aliphatic carboxylic acids is 1. The predicted molar refractivity (Wildman–Crippen MR) is 87.6 cm³/mol. The van der Waals surface area contributed by atoms with Crippen molar-refractivity contribution in [3.8, 4) is 11.5 Å². The van der Waals surface area contributed by atoms with Crippen LogP contribution in [-0.2, 0) is 17.6 Å². The number of benzene rings is 2. The van der Waals surface area contributed by atoms with Crippen LogP contribution in [-0.4, -0.2) is 23.3 Å². The minimum atomic E-state index is -0.809. The van der Waals surface area contributed by atoms with Crippen molar-refractivity contribution >= 4 is 21.9 Å². The van der Waals surface area contributed by atoms with E-state index in [1.54, 1.807) is 19.2 Å². The highest BCUT2D eigenvalue weighted by atomic mass is 79.9. The van der Waals surface area contributed by atoms with Crippen LogP contribution in [0.25, 0.3) is 0 Å². The average molecular weight is 365 g/mol. The van der Waals surface area contributed by atoms with Gasteiger partial charge in [0.15, 0.2) is 0 Å². The van der Waals surface area contributed by atoms with Gasteiger partial charge in [0.05, 0.1) is 11.6 Å². The molecule has 2 rings (SSSR count). The Labute approximate surface area is 137 Å². The number of hydrogen-bond donors (Lipinski definition) is 2. The fourth-order valence-corrected chi connectivity index (χ4v) is 2.86. The molecule has 4 nitrogen and oxygen atoms in total. The highest BCUT2D eigenvalue weighted by Gasteiger charge is 2.13. The molecule has 2 aromatic rings. The summed E-state index contributed by atoms with van der Waals surface area (Å²) in [5.41, 5.74) is 2.66. The van der Waals surface area contributed by atoms with E-state index in [2.05, 4.69) is 15.9 Å². The molecule has 0 saturated heterocycles. The average Bonchev–Trinajstić information content (AvgIpc) is 2.49. The molecule has 0 aliphatic carbocycles. The second-order valence-electron chi connectivity index (χ2n) is 4.97. The maximum atomic E-state index is 10.7. The molecule has 0 bridgehead atoms. The summed E-state index contributed by atoms with van der Waals surface area (Å²) in [6, 6.07) is 11.1. The topological polar surface area (TPSA) is 66.8 Å². The summed E-state index contributed by atoms with van der Waals surface area (Å²) in [5.74, 6) is -0.0244. The van der Waals surface area contributed by atoms with Gasteiger partial charge in [-0.05, 0) is 45.6 Å². The summed E-state index contributed by atoms with van der Waals surface area (Å²) in [4.78, 5) is 10.7. The van der Waals surface area contributed by atoms with Gasteiger partial charge >= 0.3 is 5.97 Å². The minimum absolute atomic E-state index is 0.106. The van der Waals surface area contributed by atoms with Gasteiger partial charge in [-0.15, -0.1) is 0 Å². The molecule has 0 unspecified atom stereocenters. The predicted octanol–water partition coefficient (Wildman–Crippen LogP) is 3.77. The molecule has 116 valence electrons. The molecule has 5 heteroatoms. The third kappa shape index (κ3) is 4.01. The van der Waals surface area contributed by atoms with Gasteiger partial charge in [-0.2, -0.15) is 0 Å². The molecule has 2 N–H and O–H groups in total. The fourth-order valence-electron chi connectivity index (χ4n) is 2.33. The van der Waals surface area contributed by atoms with Gasteiger partial charge in [-0.25, -0.2) is 0 Å². The van der Waals surface area contributed by atoms with E-state index in [9.17, 15) is 9.90 Å². The van der Waals surface area contributed by atoms with E-state index < -0.39 is 5.97 Å². The number of carboxylic acid groups (broad SMARTS) is 1. The Morgan fingerprint density at radius 2 is 1.95 bits per heavy atom. The van der Waals surface area contributed by atoms with Gasteiger partial charge in [0, 0.05) is 18.4 Å². The number of carboxylic acids is 1. The molecule has 0 spiro atoms. The van der Waals surface area contributed by atoms with Crippen LogP contribution in [0.3, 0.4) is 0 Å². The van der Waals surface area contributed by atoms with Crippen LogP contribution in [0.1, 0.15) is 23.1 Å². The first-order chi connectivity index (χ1) is 10.5. The summed E-state index contributed by atoms with van der Waals surface area (Å²) in [7, 11) is 1.56. The zero-order chi connectivity index (χ0) is 16.1. The number of carbonyl (C=O) groups is 1. The Bertz CT molecular complexity index is 682. The lowest BCUT2D eigenvalue weighted by Gasteiger charge is -2.13. The lowest BCUT2D eigenvalue weighted by atomic mass is 9.99. The van der Waals surface area contributed by atoms with Crippen molar-refractivity contribution in [3.63, 3.8) is 0 Å². The van der Waals surface area contributed by atoms with Gasteiger partial charge < -0.3 is 14.9 Å². The van der Waals surface area contributed by atoms with E-state index in [0.717, 1.165) is 15.6 Å². The van der Waals surface area contributed by atoms with Gasteiger partial charge in [-0.3, -0.25) is 4.79 Å². The van der Waals surface area contributed by atoms with Gasteiger partial charge in [-0.1, -0.05) is 24.3 Å². The molecule has 0 saturated carbocycles. The Morgan fingerprint density at radius 1 is 1.23 bits per heavy atom. The third-order valence-electron chi connectivity index (χ3n) is 3.39. The Hall–Kier alpha value is -2.01. The Balaban J connectivity index is 2.26. The summed E-state index contributed by atoms with van der Waals surface area (Å²) < 4.78 is 6.14. The molecule has 0 aliphatic heterocycles. The molecule has 0 aliphatic rings. The van der Waals surface area contributed by atoms with E-state index in [1.165, 1.54) is 0 Å². The Kier molecular flexibility index (Phi) is 5.44. The first-order valence-corrected chi connectivity index (χ1v) is 7.64. The van der Waals surface area contributed by atoms with E-state index in [4.69, 9.17) is 9.84 Å². The van der Waals surface area contributed by atoms with Crippen LogP contribution < -0.4 is 4.74 Å². The van der Waals surface area contributed by atoms with Crippen LogP contribution in [0.15, 0.2) is 40.9 Å². The number of aromatic hydroxyl groups is 1. The number of aryl methyl sites for hydroxylation is 1. The molecule has 22 heavy (non-hydrogen) atoms. The second kappa shape index (κ2) is 7.31. The molecule has 0 fully saturated rings. The van der Waals surface area contributed by atoms with Gasteiger partial charge in [0.25, 0.3) is 0 Å². The van der Waals surface area contributed by atoms with Crippen molar-refractivity contribution in [1.29, 1.82) is 0 Å². The maximum Gasteiger partial charge on any atom is 0.303 e. The van der Waals surface area contributed by atoms with Crippen LogP contribution >= 0.6 is 15.9 Å². The highest BCUT2D eigenvalue weighted by molar-refractivity contribution is 9.10. The molecule has 2 aromatic carbocycles. The number of rotatable bonds is 6. The minimum Gasteiger partial charge on any atom is -0.508 e. The fraction of sp³-hybridized carbons (Fsp3) is 0.235. The lowest BCUT2D eigenvalue weighted by molar-refractivity contribution is -0.136. The summed E-state index contributed by atoms with van der Waals surface area (Å²) >= 11 is 3.41. The van der Waals surface area contributed by atoms with E-state index >= 15 is 0 Å². The first kappa shape index (κ1) is 16.4. The van der Waals surface area contributed by atoms with Crippen molar-refractivity contribution < 1.29 is 19.7 Å². The number of halogens is 1. The van der Waals surface area contributed by atoms with Crippen LogP contribution in [0, 0.1) is 0 Å². The monoisotopic (exact) mass is 364 g/mol. The summed E-state index contributed by atoms with van der Waals surface area (Å²) in [6.45, 7) is 0. The van der Waals surface area contributed by atoms with Crippen molar-refractivity contribution in [1.82, 2.24) is 0 Å². The smallest absolute Gasteiger partial charge is 0.303 e. The van der Waals surface area contributed by atoms with Crippen molar-refractivity contribution in [3.05, 3.63) is 57.6 Å². The standard InChI is InChI=1S/C17H17BrO4/c1-22-17-13(15(19)7-6-14(17)18)10-12-4-2-3-11(9-12)5-8-16(20)21/h2-4,6-7,9,19H,5,8,10H2,1H3,(H,20,21). The quantitative estimate of drug-likeness (QED) is 0.818. The van der Waals surface area contributed by atoms with Crippen molar-refractivity contribution in [2.24, 2.45) is 0 Å². The van der Waals surface area contributed by atoms with Crippen molar-refractivity contribution in [2.45, 2.75) is 19.3 Å². The molecular weight excluding hydrogens is 348 g/mol. The first-order valence-electron chi connectivity index (χ1n) is 6.85. The number of hydrogen-bond acceptors (Lipinski definition) is 3. The number of methoxy groups -OCH3 is 1. The molecular formula is C17H17BrO4. The second-order valence-corrected chi connectivity index (χ2v) is 5.82. The summed E-state index contributed by atoms with van der Waals surface area (Å²) in [6.07, 6.45) is 1.11. The van der Waals surface area contributed by atoms with E-state index in [0.29, 0.717) is 24.2 Å².